The van der Waals surface area contributed by atoms with Crippen LogP contribution in [0.15, 0.2) is 65.8 Å². The van der Waals surface area contributed by atoms with Crippen molar-refractivity contribution in [2.24, 2.45) is 0 Å². The number of carbonyl (C=O) groups is 3. The van der Waals surface area contributed by atoms with Crippen LogP contribution in [0.4, 0.5) is 16.2 Å². The molecule has 4 atom stereocenters. The Hall–Kier alpha value is -4.09. The van der Waals surface area contributed by atoms with E-state index in [-0.39, 0.29) is 29.9 Å². The number of hydrogen-bond acceptors (Lipinski definition) is 7. The molecule has 0 spiro atoms. The van der Waals surface area contributed by atoms with Gasteiger partial charge in [-0.1, -0.05) is 30.0 Å². The van der Waals surface area contributed by atoms with Crippen LogP contribution in [0, 0.1) is 6.92 Å². The van der Waals surface area contributed by atoms with E-state index in [2.05, 4.69) is 20.9 Å². The number of ether oxygens (including phenoxy) is 1. The molecule has 0 saturated heterocycles. The van der Waals surface area contributed by atoms with Crippen molar-refractivity contribution < 1.29 is 19.1 Å². The molecule has 2 aromatic carbocycles. The van der Waals surface area contributed by atoms with Crippen LogP contribution >= 0.6 is 11.8 Å². The molecular weight excluding hydrogens is 552 g/mol. The lowest BCUT2D eigenvalue weighted by Gasteiger charge is -2.35. The number of pyridine rings is 1. The first kappa shape index (κ1) is 28.0. The molecule has 42 heavy (non-hydrogen) atoms. The number of anilines is 2. The van der Waals surface area contributed by atoms with E-state index in [1.54, 1.807) is 11.1 Å². The van der Waals surface area contributed by atoms with E-state index in [0.29, 0.717) is 18.7 Å². The Kier molecular flexibility index (Phi) is 7.78. The van der Waals surface area contributed by atoms with Crippen molar-refractivity contribution in [1.29, 1.82) is 0 Å². The third-order valence-electron chi connectivity index (χ3n) is 7.76. The van der Waals surface area contributed by atoms with Crippen LogP contribution in [0.3, 0.4) is 0 Å². The number of thioether (sulfide) groups is 1. The van der Waals surface area contributed by atoms with Crippen LogP contribution in [0.1, 0.15) is 36.4 Å². The number of nitrogens with zero attached hydrogens (tertiary/aromatic N) is 3. The fourth-order valence-corrected chi connectivity index (χ4v) is 7.15. The van der Waals surface area contributed by atoms with Gasteiger partial charge in [0.2, 0.25) is 11.8 Å². The van der Waals surface area contributed by atoms with Crippen LogP contribution in [-0.4, -0.2) is 65.7 Å². The van der Waals surface area contributed by atoms with E-state index < -0.39 is 11.3 Å². The average molecular weight is 587 g/mol. The Morgan fingerprint density at radius 3 is 2.55 bits per heavy atom. The Labute approximate surface area is 249 Å². The lowest BCUT2D eigenvalue weighted by Crippen LogP contribution is -2.50. The molecule has 4 amide bonds. The van der Waals surface area contributed by atoms with Crippen molar-refractivity contribution >= 4 is 41.0 Å². The first-order valence-corrected chi connectivity index (χ1v) is 15.0. The number of urea groups is 1. The summed E-state index contributed by atoms with van der Waals surface area (Å²) in [6.45, 7) is 2.28. The SMILES string of the molecule is Cc1cc(Oc2ccccc2)ccc1N1C(=O)NC2c3c1ccnc3SC2C(=O)N[C@@H]1CC[C@@H](NC(=O)CN(C)C)C1. The maximum absolute atomic E-state index is 13.6. The zero-order valence-corrected chi connectivity index (χ0v) is 24.6. The number of carbonyl (C=O) groups excluding carboxylic acids is 3. The molecule has 3 N–H and O–H groups in total. The molecule has 1 aromatic heterocycles. The number of nitrogens with one attached hydrogen (secondary N) is 3. The number of rotatable bonds is 8. The van der Waals surface area contributed by atoms with Crippen molar-refractivity contribution in [2.75, 3.05) is 25.5 Å². The van der Waals surface area contributed by atoms with Crippen LogP contribution in [0.5, 0.6) is 11.5 Å². The normalized spacial score (nSPS) is 22.5. The molecular formula is C31H34N6O4S. The highest BCUT2D eigenvalue weighted by atomic mass is 32.2. The van der Waals surface area contributed by atoms with Gasteiger partial charge in [0.05, 0.1) is 24.0 Å². The zero-order valence-electron chi connectivity index (χ0n) is 23.8. The molecule has 2 aliphatic heterocycles. The molecule has 3 aromatic rings. The largest absolute Gasteiger partial charge is 0.457 e. The molecule has 3 aliphatic rings. The van der Waals surface area contributed by atoms with Crippen LogP contribution < -0.4 is 25.6 Å². The predicted molar refractivity (Wildman–Crippen MR) is 161 cm³/mol. The fourth-order valence-electron chi connectivity index (χ4n) is 5.92. The molecule has 10 nitrogen and oxygen atoms in total. The second kappa shape index (κ2) is 11.7. The minimum Gasteiger partial charge on any atom is -0.457 e. The Morgan fingerprint density at radius 2 is 1.81 bits per heavy atom. The van der Waals surface area contributed by atoms with Crippen LogP contribution in [0.25, 0.3) is 0 Å². The molecule has 3 heterocycles. The minimum absolute atomic E-state index is 0.0135. The zero-order chi connectivity index (χ0) is 29.4. The number of hydrogen-bond donors (Lipinski definition) is 3. The molecule has 1 saturated carbocycles. The van der Waals surface area contributed by atoms with Crippen molar-refractivity contribution in [2.45, 2.75) is 54.6 Å². The molecule has 218 valence electrons. The molecule has 0 bridgehead atoms. The molecule has 0 radical (unpaired) electrons. The fraction of sp³-hybridized carbons (Fsp3) is 0.355. The lowest BCUT2D eigenvalue weighted by molar-refractivity contribution is -0.122. The highest BCUT2D eigenvalue weighted by Gasteiger charge is 2.47. The maximum Gasteiger partial charge on any atom is 0.327 e. The Morgan fingerprint density at radius 1 is 1.05 bits per heavy atom. The van der Waals surface area contributed by atoms with Crippen molar-refractivity contribution in [3.63, 3.8) is 0 Å². The van der Waals surface area contributed by atoms with E-state index in [0.717, 1.165) is 46.1 Å². The average Bonchev–Trinajstić information content (AvgIpc) is 3.54. The molecule has 6 rings (SSSR count). The monoisotopic (exact) mass is 586 g/mol. The number of para-hydroxylation sites is 1. The molecule has 2 unspecified atom stereocenters. The van der Waals surface area contributed by atoms with Crippen LogP contribution in [-0.2, 0) is 9.59 Å². The van der Waals surface area contributed by atoms with Gasteiger partial charge in [-0.15, -0.1) is 0 Å². The first-order valence-electron chi connectivity index (χ1n) is 14.1. The summed E-state index contributed by atoms with van der Waals surface area (Å²) < 4.78 is 5.98. The van der Waals surface area contributed by atoms with Gasteiger partial charge in [0.25, 0.3) is 0 Å². The van der Waals surface area contributed by atoms with Gasteiger partial charge in [-0.25, -0.2) is 9.78 Å². The number of benzene rings is 2. The van der Waals surface area contributed by atoms with Crippen molar-refractivity contribution in [1.82, 2.24) is 25.8 Å². The smallest absolute Gasteiger partial charge is 0.327 e. The van der Waals surface area contributed by atoms with Crippen molar-refractivity contribution in [3.8, 4) is 11.5 Å². The molecule has 11 heteroatoms. The number of aryl methyl sites for hydroxylation is 1. The number of amides is 4. The standard InChI is InChI=1S/C31H34N6O4S/c1-18-15-22(41-21-7-5-4-6-8-21)11-12-23(18)37-24-13-14-32-30-26(24)27(35-31(37)40)28(42-30)29(39)34-20-10-9-19(16-20)33-25(38)17-36(2)3/h4-8,11-15,19-20,27-28H,9-10,16-17H2,1-3H3,(H,33,38)(H,34,39)(H,35,40)/t19-,20-,27?,28?/m1/s1. The van der Waals surface area contributed by atoms with E-state index in [1.165, 1.54) is 11.8 Å². The van der Waals surface area contributed by atoms with Gasteiger partial charge in [-0.2, -0.15) is 0 Å². The highest BCUT2D eigenvalue weighted by molar-refractivity contribution is 8.01. The maximum atomic E-state index is 13.6. The Bertz CT molecular complexity index is 1520. The summed E-state index contributed by atoms with van der Waals surface area (Å²) in [5, 5.41) is 9.52. The third kappa shape index (κ3) is 5.66. The summed E-state index contributed by atoms with van der Waals surface area (Å²) in [6.07, 6.45) is 3.98. The predicted octanol–water partition coefficient (Wildman–Crippen LogP) is 4.27. The van der Waals surface area contributed by atoms with E-state index in [9.17, 15) is 14.4 Å². The second-order valence-electron chi connectivity index (χ2n) is 11.2. The van der Waals surface area contributed by atoms with Crippen LogP contribution in [0.2, 0.25) is 0 Å². The van der Waals surface area contributed by atoms with Crippen molar-refractivity contribution in [3.05, 3.63) is 71.9 Å². The molecule has 1 aliphatic carbocycles. The summed E-state index contributed by atoms with van der Waals surface area (Å²) >= 11 is 1.38. The Balaban J connectivity index is 1.16. The van der Waals surface area contributed by atoms with Gasteiger partial charge >= 0.3 is 6.03 Å². The third-order valence-corrected chi connectivity index (χ3v) is 9.05. The highest BCUT2D eigenvalue weighted by Crippen LogP contribution is 2.51. The van der Waals surface area contributed by atoms with Gasteiger partial charge in [0.1, 0.15) is 21.8 Å². The second-order valence-corrected chi connectivity index (χ2v) is 12.4. The van der Waals surface area contributed by atoms with Gasteiger partial charge in [0.15, 0.2) is 0 Å². The topological polar surface area (TPSA) is 116 Å². The number of aromatic nitrogens is 1. The summed E-state index contributed by atoms with van der Waals surface area (Å²) in [5.41, 5.74) is 3.18. The van der Waals surface area contributed by atoms with E-state index in [4.69, 9.17) is 4.74 Å². The summed E-state index contributed by atoms with van der Waals surface area (Å²) in [7, 11) is 3.72. The quantitative estimate of drug-likeness (QED) is 0.361. The van der Waals surface area contributed by atoms with E-state index >= 15 is 0 Å². The van der Waals surface area contributed by atoms with Gasteiger partial charge in [-0.05, 0) is 82.2 Å². The lowest BCUT2D eigenvalue weighted by atomic mass is 9.99. The summed E-state index contributed by atoms with van der Waals surface area (Å²) in [4.78, 5) is 47.3. The van der Waals surface area contributed by atoms with Gasteiger partial charge in [-0.3, -0.25) is 14.5 Å². The molecule has 1 fully saturated rings. The summed E-state index contributed by atoms with van der Waals surface area (Å²) in [5.74, 6) is 1.27. The van der Waals surface area contributed by atoms with Gasteiger partial charge < -0.3 is 25.6 Å². The van der Waals surface area contributed by atoms with E-state index in [1.807, 2.05) is 80.5 Å². The van der Waals surface area contributed by atoms with Gasteiger partial charge in [0, 0.05) is 23.8 Å². The first-order chi connectivity index (χ1) is 20.3. The number of likely N-dealkylation sites (N-methyl/N-ethyl adjacent to an activating group) is 1. The summed E-state index contributed by atoms with van der Waals surface area (Å²) in [6, 6.07) is 16.2. The minimum atomic E-state index is -0.537.